The number of ether oxygens (including phenoxy) is 1. The number of nitrogens with one attached hydrogen (secondary N) is 3. The first-order valence-corrected chi connectivity index (χ1v) is 9.60. The zero-order valence-corrected chi connectivity index (χ0v) is 16.6. The molecule has 0 unspecified atom stereocenters. The van der Waals surface area contributed by atoms with Gasteiger partial charge in [0, 0.05) is 18.8 Å². The van der Waals surface area contributed by atoms with Crippen molar-refractivity contribution < 1.29 is 13.9 Å². The van der Waals surface area contributed by atoms with Crippen molar-refractivity contribution in [2.45, 2.75) is 13.8 Å². The van der Waals surface area contributed by atoms with Crippen LogP contribution in [0.25, 0.3) is 0 Å². The van der Waals surface area contributed by atoms with E-state index < -0.39 is 0 Å². The standard InChI is InChI=1S/C17H20FN5O2S2/c1-10-3-4-12(9-13(10)18)20-16(26)22-21-15(24)14-11(2)19-17(27-14)23-5-7-25-8-6-23/h3-4,9H,5-8H2,1-2H3,(H,21,24)(H2,20,22,26). The number of hydrogen-bond donors (Lipinski definition) is 3. The fourth-order valence-corrected chi connectivity index (χ4v) is 3.67. The molecule has 1 aliphatic heterocycles. The quantitative estimate of drug-likeness (QED) is 0.531. The van der Waals surface area contributed by atoms with Crippen LogP contribution in [0.4, 0.5) is 15.2 Å². The topological polar surface area (TPSA) is 78.5 Å². The summed E-state index contributed by atoms with van der Waals surface area (Å²) < 4.78 is 18.9. The van der Waals surface area contributed by atoms with E-state index in [1.807, 2.05) is 0 Å². The molecule has 0 radical (unpaired) electrons. The number of aryl methyl sites for hydroxylation is 2. The van der Waals surface area contributed by atoms with Crippen molar-refractivity contribution in [3.05, 3.63) is 40.2 Å². The van der Waals surface area contributed by atoms with Gasteiger partial charge in [-0.25, -0.2) is 9.37 Å². The summed E-state index contributed by atoms with van der Waals surface area (Å²) in [6.45, 7) is 6.29. The van der Waals surface area contributed by atoms with Gasteiger partial charge in [0.1, 0.15) is 10.7 Å². The largest absolute Gasteiger partial charge is 0.378 e. The van der Waals surface area contributed by atoms with E-state index in [1.165, 1.54) is 17.4 Å². The molecule has 144 valence electrons. The number of nitrogens with zero attached hydrogens (tertiary/aromatic N) is 2. The van der Waals surface area contributed by atoms with Gasteiger partial charge in [0.05, 0.1) is 18.9 Å². The van der Waals surface area contributed by atoms with Gasteiger partial charge in [-0.05, 0) is 43.8 Å². The van der Waals surface area contributed by atoms with Crippen molar-refractivity contribution in [1.29, 1.82) is 0 Å². The molecular formula is C17H20FN5O2S2. The molecule has 0 saturated carbocycles. The minimum Gasteiger partial charge on any atom is -0.378 e. The van der Waals surface area contributed by atoms with Crippen LogP contribution in [-0.2, 0) is 4.74 Å². The van der Waals surface area contributed by atoms with Crippen LogP contribution >= 0.6 is 23.6 Å². The molecule has 10 heteroatoms. The number of carbonyl (C=O) groups excluding carboxylic acids is 1. The number of amides is 1. The van der Waals surface area contributed by atoms with E-state index in [0.29, 0.717) is 35.0 Å². The average Bonchev–Trinajstić information content (AvgIpc) is 3.05. The van der Waals surface area contributed by atoms with Crippen LogP contribution in [-0.4, -0.2) is 42.3 Å². The van der Waals surface area contributed by atoms with Crippen molar-refractivity contribution in [2.24, 2.45) is 0 Å². The molecule has 1 amide bonds. The van der Waals surface area contributed by atoms with Gasteiger partial charge >= 0.3 is 0 Å². The molecule has 0 bridgehead atoms. The molecule has 1 fully saturated rings. The fraction of sp³-hybridized carbons (Fsp3) is 0.353. The third-order valence-electron chi connectivity index (χ3n) is 3.99. The summed E-state index contributed by atoms with van der Waals surface area (Å²) >= 11 is 6.45. The molecule has 7 nitrogen and oxygen atoms in total. The summed E-state index contributed by atoms with van der Waals surface area (Å²) in [5.41, 5.74) is 6.86. The molecule has 0 aliphatic carbocycles. The molecule has 3 rings (SSSR count). The van der Waals surface area contributed by atoms with E-state index in [2.05, 4.69) is 26.1 Å². The number of aromatic nitrogens is 1. The van der Waals surface area contributed by atoms with Crippen LogP contribution in [0, 0.1) is 19.7 Å². The zero-order valence-electron chi connectivity index (χ0n) is 15.0. The molecular weight excluding hydrogens is 389 g/mol. The maximum absolute atomic E-state index is 13.6. The molecule has 0 atom stereocenters. The number of halogens is 1. The Morgan fingerprint density at radius 2 is 2.04 bits per heavy atom. The fourth-order valence-electron chi connectivity index (χ4n) is 2.49. The van der Waals surface area contributed by atoms with Crippen molar-refractivity contribution in [3.63, 3.8) is 0 Å². The molecule has 1 aliphatic rings. The Labute approximate surface area is 165 Å². The lowest BCUT2D eigenvalue weighted by atomic mass is 10.2. The number of hydrazine groups is 1. The number of rotatable bonds is 3. The molecule has 0 spiro atoms. The summed E-state index contributed by atoms with van der Waals surface area (Å²) in [6, 6.07) is 4.69. The minimum atomic E-state index is -0.331. The highest BCUT2D eigenvalue weighted by atomic mass is 32.1. The lowest BCUT2D eigenvalue weighted by Crippen LogP contribution is -2.43. The Hall–Kier alpha value is -2.30. The summed E-state index contributed by atoms with van der Waals surface area (Å²) in [7, 11) is 0. The van der Waals surface area contributed by atoms with Crippen LogP contribution in [0.5, 0.6) is 0 Å². The molecule has 3 N–H and O–H groups in total. The number of morpholine rings is 1. The predicted octanol–water partition coefficient (Wildman–Crippen LogP) is 2.37. The summed E-state index contributed by atoms with van der Waals surface area (Å²) in [5.74, 6) is -0.661. The Bertz CT molecular complexity index is 852. The lowest BCUT2D eigenvalue weighted by Gasteiger charge is -2.25. The van der Waals surface area contributed by atoms with Gasteiger partial charge in [0.2, 0.25) is 0 Å². The second-order valence-corrected chi connectivity index (χ2v) is 7.39. The van der Waals surface area contributed by atoms with Gasteiger partial charge in [-0.3, -0.25) is 15.6 Å². The van der Waals surface area contributed by atoms with Gasteiger partial charge in [-0.2, -0.15) is 0 Å². The van der Waals surface area contributed by atoms with Gasteiger partial charge in [-0.15, -0.1) is 0 Å². The predicted molar refractivity (Wildman–Crippen MR) is 108 cm³/mol. The summed E-state index contributed by atoms with van der Waals surface area (Å²) in [6.07, 6.45) is 0. The van der Waals surface area contributed by atoms with E-state index in [4.69, 9.17) is 17.0 Å². The molecule has 2 heterocycles. The first kappa shape index (κ1) is 19.5. The molecule has 1 aromatic carbocycles. The van der Waals surface area contributed by atoms with Crippen molar-refractivity contribution >= 4 is 45.4 Å². The highest BCUT2D eigenvalue weighted by molar-refractivity contribution is 7.80. The van der Waals surface area contributed by atoms with E-state index in [0.717, 1.165) is 18.2 Å². The van der Waals surface area contributed by atoms with Gasteiger partial charge in [-0.1, -0.05) is 17.4 Å². The third-order valence-corrected chi connectivity index (χ3v) is 5.41. The maximum atomic E-state index is 13.6. The number of carbonyl (C=O) groups is 1. The average molecular weight is 410 g/mol. The molecule has 27 heavy (non-hydrogen) atoms. The molecule has 1 saturated heterocycles. The number of thiocarbonyl (C=S) groups is 1. The normalized spacial score (nSPS) is 14.0. The van der Waals surface area contributed by atoms with Crippen LogP contribution in [0.2, 0.25) is 0 Å². The SMILES string of the molecule is Cc1ccc(NC(=S)NNC(=O)c2sc(N3CCOCC3)nc2C)cc1F. The van der Waals surface area contributed by atoms with E-state index in [1.54, 1.807) is 26.0 Å². The van der Waals surface area contributed by atoms with Crippen molar-refractivity contribution in [1.82, 2.24) is 15.8 Å². The van der Waals surface area contributed by atoms with Crippen molar-refractivity contribution in [2.75, 3.05) is 36.5 Å². The van der Waals surface area contributed by atoms with Crippen molar-refractivity contribution in [3.8, 4) is 0 Å². The van der Waals surface area contributed by atoms with Crippen LogP contribution in [0.15, 0.2) is 18.2 Å². The maximum Gasteiger partial charge on any atom is 0.281 e. The van der Waals surface area contributed by atoms with Gasteiger partial charge < -0.3 is 15.0 Å². The number of benzene rings is 1. The van der Waals surface area contributed by atoms with E-state index >= 15 is 0 Å². The lowest BCUT2D eigenvalue weighted by molar-refractivity contribution is 0.0947. The van der Waals surface area contributed by atoms with E-state index in [-0.39, 0.29) is 16.8 Å². The van der Waals surface area contributed by atoms with Crippen LogP contribution < -0.4 is 21.1 Å². The highest BCUT2D eigenvalue weighted by Crippen LogP contribution is 2.26. The van der Waals surface area contributed by atoms with Crippen LogP contribution in [0.1, 0.15) is 20.9 Å². The second-order valence-electron chi connectivity index (χ2n) is 6.01. The first-order valence-electron chi connectivity index (χ1n) is 8.37. The number of anilines is 2. The smallest absolute Gasteiger partial charge is 0.281 e. The summed E-state index contributed by atoms with van der Waals surface area (Å²) in [4.78, 5) is 19.5. The zero-order chi connectivity index (χ0) is 19.4. The monoisotopic (exact) mass is 409 g/mol. The second kappa shape index (κ2) is 8.59. The number of thiazole rings is 1. The van der Waals surface area contributed by atoms with Gasteiger partial charge in [0.25, 0.3) is 5.91 Å². The van der Waals surface area contributed by atoms with Crippen LogP contribution in [0.3, 0.4) is 0 Å². The minimum absolute atomic E-state index is 0.155. The van der Waals surface area contributed by atoms with Gasteiger partial charge in [0.15, 0.2) is 10.2 Å². The molecule has 1 aromatic heterocycles. The van der Waals surface area contributed by atoms with E-state index in [9.17, 15) is 9.18 Å². The summed E-state index contributed by atoms with van der Waals surface area (Å²) in [5, 5.41) is 3.78. The molecule has 2 aromatic rings. The highest BCUT2D eigenvalue weighted by Gasteiger charge is 2.20. The Kier molecular flexibility index (Phi) is 6.19. The first-order chi connectivity index (χ1) is 12.9. The Morgan fingerprint density at radius 3 is 2.74 bits per heavy atom. The Balaban J connectivity index is 1.56. The Morgan fingerprint density at radius 1 is 1.30 bits per heavy atom. The third kappa shape index (κ3) is 4.90. The number of hydrogen-bond acceptors (Lipinski definition) is 6.